The molecular weight excluding hydrogens is 423 g/mol. The fraction of sp³-hybridized carbons (Fsp3) is 0.467. The van der Waals surface area contributed by atoms with E-state index in [1.54, 1.807) is 24.1 Å². The van der Waals surface area contributed by atoms with Gasteiger partial charge in [0, 0.05) is 13.1 Å². The predicted octanol–water partition coefficient (Wildman–Crippen LogP) is 2.72. The zero-order valence-corrected chi connectivity index (χ0v) is 17.0. The number of nitrogens with zero attached hydrogens (tertiary/aromatic N) is 1. The van der Waals surface area contributed by atoms with Gasteiger partial charge in [-0.3, -0.25) is 0 Å². The molecule has 0 bridgehead atoms. The van der Waals surface area contributed by atoms with Crippen LogP contribution in [0.2, 0.25) is 0 Å². The van der Waals surface area contributed by atoms with Crippen LogP contribution < -0.4 is 20.7 Å². The minimum Gasteiger partial charge on any atom is -0.495 e. The van der Waals surface area contributed by atoms with Crippen molar-refractivity contribution in [3.63, 3.8) is 0 Å². The van der Waals surface area contributed by atoms with Crippen molar-refractivity contribution < 1.29 is 14.3 Å². The van der Waals surface area contributed by atoms with Crippen LogP contribution in [0.5, 0.6) is 5.75 Å². The summed E-state index contributed by atoms with van der Waals surface area (Å²) in [4.78, 5) is 13.9. The molecule has 0 aromatic heterocycles. The Labute approximate surface area is 172 Å². The van der Waals surface area contributed by atoms with Crippen molar-refractivity contribution in [2.45, 2.75) is 9.96 Å². The highest BCUT2D eigenvalue weighted by Crippen LogP contribution is 2.29. The minimum atomic E-state index is -1.82. The van der Waals surface area contributed by atoms with Gasteiger partial charge in [-0.05, 0) is 24.4 Å². The Bertz CT molecular complexity index is 639. The molecule has 1 saturated heterocycles. The van der Waals surface area contributed by atoms with Crippen molar-refractivity contribution in [3.8, 4) is 5.75 Å². The van der Waals surface area contributed by atoms with E-state index >= 15 is 0 Å². The topological polar surface area (TPSA) is 74.9 Å². The van der Waals surface area contributed by atoms with Gasteiger partial charge in [-0.2, -0.15) is 0 Å². The first-order valence-corrected chi connectivity index (χ1v) is 9.26. The third-order valence-electron chi connectivity index (χ3n) is 3.52. The molecule has 3 N–H and O–H groups in total. The summed E-state index contributed by atoms with van der Waals surface area (Å²) >= 11 is 23.2. The third kappa shape index (κ3) is 6.21. The fourth-order valence-corrected chi connectivity index (χ4v) is 2.77. The summed E-state index contributed by atoms with van der Waals surface area (Å²) in [5.41, 5.74) is 0.634. The molecule has 26 heavy (non-hydrogen) atoms. The average Bonchev–Trinajstić information content (AvgIpc) is 2.61. The number of carbonyl (C=O) groups is 1. The molecular formula is C15H19Cl3N4O3S. The number of alkyl halides is 3. The number of ether oxygens (including phenoxy) is 2. The number of hydrogen-bond acceptors (Lipinski definition) is 4. The van der Waals surface area contributed by atoms with Crippen LogP contribution in [0.25, 0.3) is 0 Å². The SMILES string of the molecule is COc1ccccc1NC(=S)NC(NC(=O)N1CCOCC1)C(Cl)(Cl)Cl. The number of nitrogens with one attached hydrogen (secondary N) is 3. The summed E-state index contributed by atoms with van der Waals surface area (Å²) in [6, 6.07) is 6.83. The number of rotatable bonds is 4. The van der Waals surface area contributed by atoms with Gasteiger partial charge >= 0.3 is 6.03 Å². The molecule has 0 saturated carbocycles. The molecule has 2 rings (SSSR count). The number of amides is 2. The fourth-order valence-electron chi connectivity index (χ4n) is 2.22. The molecule has 1 aliphatic heterocycles. The number of para-hydroxylation sites is 2. The number of hydrogen-bond donors (Lipinski definition) is 3. The molecule has 0 aliphatic carbocycles. The Hall–Kier alpha value is -1.19. The van der Waals surface area contributed by atoms with Crippen molar-refractivity contribution in [1.29, 1.82) is 0 Å². The zero-order chi connectivity index (χ0) is 19.2. The van der Waals surface area contributed by atoms with E-state index in [9.17, 15) is 4.79 Å². The molecule has 1 aliphatic rings. The minimum absolute atomic E-state index is 0.160. The van der Waals surface area contributed by atoms with Gasteiger partial charge in [0.25, 0.3) is 0 Å². The molecule has 1 aromatic rings. The Morgan fingerprint density at radius 2 is 1.92 bits per heavy atom. The second-order valence-corrected chi connectivity index (χ2v) is 8.10. The van der Waals surface area contributed by atoms with Crippen LogP contribution in [0.15, 0.2) is 24.3 Å². The number of carbonyl (C=O) groups excluding carboxylic acids is 1. The zero-order valence-electron chi connectivity index (χ0n) is 13.9. The van der Waals surface area contributed by atoms with Crippen molar-refractivity contribution in [2.75, 3.05) is 38.7 Å². The lowest BCUT2D eigenvalue weighted by atomic mass is 10.3. The van der Waals surface area contributed by atoms with Gasteiger partial charge in [-0.1, -0.05) is 46.9 Å². The molecule has 2 amide bonds. The lowest BCUT2D eigenvalue weighted by molar-refractivity contribution is 0.0524. The van der Waals surface area contributed by atoms with Crippen LogP contribution in [-0.2, 0) is 4.74 Å². The van der Waals surface area contributed by atoms with E-state index < -0.39 is 9.96 Å². The number of thiocarbonyl (C=S) groups is 1. The number of halogens is 3. The summed E-state index contributed by atoms with van der Waals surface area (Å²) < 4.78 is 8.64. The lowest BCUT2D eigenvalue weighted by Gasteiger charge is -2.32. The first-order valence-electron chi connectivity index (χ1n) is 7.71. The van der Waals surface area contributed by atoms with Crippen molar-refractivity contribution in [1.82, 2.24) is 15.5 Å². The highest BCUT2D eigenvalue weighted by molar-refractivity contribution is 7.80. The maximum Gasteiger partial charge on any atom is 0.319 e. The molecule has 1 heterocycles. The van der Waals surface area contributed by atoms with Crippen molar-refractivity contribution >= 4 is 63.9 Å². The van der Waals surface area contributed by atoms with Gasteiger partial charge in [0.2, 0.25) is 3.79 Å². The standard InChI is InChI=1S/C15H19Cl3N4O3S/c1-24-11-5-3-2-4-10(11)19-13(26)20-12(15(16,17)18)21-14(23)22-6-8-25-9-7-22/h2-5,12H,6-9H2,1H3,(H,21,23)(H2,19,20,26). The Morgan fingerprint density at radius 1 is 1.27 bits per heavy atom. The number of methoxy groups -OCH3 is 1. The number of morpholine rings is 1. The van der Waals surface area contributed by atoms with Gasteiger partial charge in [0.05, 0.1) is 26.0 Å². The average molecular weight is 442 g/mol. The third-order valence-corrected chi connectivity index (χ3v) is 4.40. The smallest absolute Gasteiger partial charge is 0.319 e. The Balaban J connectivity index is 2.00. The first kappa shape index (κ1) is 21.1. The van der Waals surface area contributed by atoms with E-state index in [0.29, 0.717) is 37.7 Å². The monoisotopic (exact) mass is 440 g/mol. The van der Waals surface area contributed by atoms with Crippen LogP contribution >= 0.6 is 47.0 Å². The summed E-state index contributed by atoms with van der Waals surface area (Å²) in [6.07, 6.45) is -1.04. The van der Waals surface area contributed by atoms with Gasteiger partial charge < -0.3 is 30.3 Å². The van der Waals surface area contributed by atoms with E-state index in [0.717, 1.165) is 0 Å². The van der Waals surface area contributed by atoms with Gasteiger partial charge in [0.1, 0.15) is 5.75 Å². The van der Waals surface area contributed by atoms with Gasteiger partial charge in [-0.25, -0.2) is 4.79 Å². The molecule has 1 unspecified atom stereocenters. The molecule has 1 atom stereocenters. The highest BCUT2D eigenvalue weighted by atomic mass is 35.6. The van der Waals surface area contributed by atoms with E-state index in [4.69, 9.17) is 56.5 Å². The Morgan fingerprint density at radius 3 is 2.54 bits per heavy atom. The van der Waals surface area contributed by atoms with E-state index in [1.165, 1.54) is 0 Å². The maximum absolute atomic E-state index is 12.4. The van der Waals surface area contributed by atoms with Crippen molar-refractivity contribution in [3.05, 3.63) is 24.3 Å². The van der Waals surface area contributed by atoms with Gasteiger partial charge in [-0.15, -0.1) is 0 Å². The first-order chi connectivity index (χ1) is 12.3. The van der Waals surface area contributed by atoms with Crippen LogP contribution in [0.1, 0.15) is 0 Å². The van der Waals surface area contributed by atoms with E-state index in [2.05, 4.69) is 16.0 Å². The number of anilines is 1. The van der Waals surface area contributed by atoms with Crippen LogP contribution in [0.3, 0.4) is 0 Å². The molecule has 11 heteroatoms. The summed E-state index contributed by atoms with van der Waals surface area (Å²) in [5.74, 6) is 0.597. The highest BCUT2D eigenvalue weighted by Gasteiger charge is 2.36. The van der Waals surface area contributed by atoms with Crippen LogP contribution in [0, 0.1) is 0 Å². The molecule has 144 valence electrons. The maximum atomic E-state index is 12.4. The lowest BCUT2D eigenvalue weighted by Crippen LogP contribution is -2.59. The van der Waals surface area contributed by atoms with Crippen LogP contribution in [-0.4, -0.2) is 59.4 Å². The second kappa shape index (κ2) is 9.66. The second-order valence-electron chi connectivity index (χ2n) is 5.32. The molecule has 1 aromatic carbocycles. The quantitative estimate of drug-likeness (QED) is 0.379. The van der Waals surface area contributed by atoms with E-state index in [-0.39, 0.29) is 11.1 Å². The van der Waals surface area contributed by atoms with Crippen LogP contribution in [0.4, 0.5) is 10.5 Å². The molecule has 7 nitrogen and oxygen atoms in total. The molecule has 1 fully saturated rings. The van der Waals surface area contributed by atoms with Gasteiger partial charge in [0.15, 0.2) is 11.3 Å². The normalized spacial score (nSPS) is 15.8. The summed E-state index contributed by atoms with van der Waals surface area (Å²) in [5, 5.41) is 8.56. The number of benzene rings is 1. The Kier molecular flexibility index (Phi) is 7.85. The van der Waals surface area contributed by atoms with Crippen molar-refractivity contribution in [2.24, 2.45) is 0 Å². The summed E-state index contributed by atoms with van der Waals surface area (Å²) in [6.45, 7) is 1.85. The molecule has 0 spiro atoms. The molecule has 0 radical (unpaired) electrons. The number of urea groups is 1. The van der Waals surface area contributed by atoms with E-state index in [1.807, 2.05) is 12.1 Å². The largest absolute Gasteiger partial charge is 0.495 e. The summed E-state index contributed by atoms with van der Waals surface area (Å²) in [7, 11) is 1.55. The predicted molar refractivity (Wildman–Crippen MR) is 107 cm³/mol.